The molecule has 5 fully saturated rings. The van der Waals surface area contributed by atoms with E-state index in [1.165, 1.54) is 0 Å². The van der Waals surface area contributed by atoms with Gasteiger partial charge in [-0.2, -0.15) is 0 Å². The fourth-order valence-electron chi connectivity index (χ4n) is 9.59. The number of ether oxygens (including phenoxy) is 2. The molecule has 0 aromatic heterocycles. The van der Waals surface area contributed by atoms with Crippen molar-refractivity contribution in [3.8, 4) is 0 Å². The second-order valence-electron chi connectivity index (χ2n) is 12.8. The minimum absolute atomic E-state index is 0.0337. The predicted octanol–water partition coefficient (Wildman–Crippen LogP) is 3.50. The van der Waals surface area contributed by atoms with E-state index >= 15 is 0 Å². The van der Waals surface area contributed by atoms with Crippen LogP contribution < -0.4 is 0 Å². The molecule has 1 spiro atoms. The zero-order valence-electron chi connectivity index (χ0n) is 21.0. The van der Waals surface area contributed by atoms with Crippen molar-refractivity contribution in [1.29, 1.82) is 0 Å². The first kappa shape index (κ1) is 22.9. The summed E-state index contributed by atoms with van der Waals surface area (Å²) in [4.78, 5) is 25.7. The molecule has 3 saturated carbocycles. The highest BCUT2D eigenvalue weighted by Gasteiger charge is 2.79. The maximum Gasteiger partial charge on any atom is 0.334 e. The Bertz CT molecular complexity index is 1030. The van der Waals surface area contributed by atoms with Crippen LogP contribution in [0.25, 0.3) is 0 Å². The third kappa shape index (κ3) is 2.43. The van der Waals surface area contributed by atoms with E-state index in [1.54, 1.807) is 13.0 Å². The summed E-state index contributed by atoms with van der Waals surface area (Å²) >= 11 is 0. The lowest BCUT2D eigenvalue weighted by molar-refractivity contribution is -0.399. The standard InChI is InChI=1S/C28H38O6/c1-14-13-20(33-24(31)15(14)2)27(5,32)18-9-8-16-21-17(10-12-25(16,18)3)26(4)19(29)7-6-11-28(26)23(30)22(21)34-28/h6-7,16-18,20-23,30,32H,8-13H2,1-5H3/t16-,17-,18-,20+,21-,22-,23-,25-,26-,27+,28-/m0/s1. The summed E-state index contributed by atoms with van der Waals surface area (Å²) in [6.45, 7) is 9.88. The fraction of sp³-hybridized carbons (Fsp3) is 0.786. The van der Waals surface area contributed by atoms with Crippen LogP contribution in [0.3, 0.4) is 0 Å². The second-order valence-corrected chi connectivity index (χ2v) is 12.8. The Hall–Kier alpha value is -1.50. The minimum atomic E-state index is -1.15. The highest BCUT2D eigenvalue weighted by atomic mass is 16.6. The summed E-state index contributed by atoms with van der Waals surface area (Å²) in [7, 11) is 0. The molecule has 6 nitrogen and oxygen atoms in total. The quantitative estimate of drug-likeness (QED) is 0.600. The third-order valence-electron chi connectivity index (χ3n) is 11.7. The molecule has 0 amide bonds. The Balaban J connectivity index is 1.34. The minimum Gasteiger partial charge on any atom is -0.456 e. The van der Waals surface area contributed by atoms with Crippen LogP contribution in [0, 0.1) is 34.5 Å². The number of carbonyl (C=O) groups excluding carboxylic acids is 2. The molecule has 2 bridgehead atoms. The molecule has 186 valence electrons. The van der Waals surface area contributed by atoms with Gasteiger partial charge < -0.3 is 19.7 Å². The van der Waals surface area contributed by atoms with Crippen LogP contribution in [0.5, 0.6) is 0 Å². The van der Waals surface area contributed by atoms with Gasteiger partial charge in [0.25, 0.3) is 0 Å². The van der Waals surface area contributed by atoms with E-state index in [-0.39, 0.29) is 46.9 Å². The van der Waals surface area contributed by atoms with Gasteiger partial charge in [0.15, 0.2) is 5.78 Å². The van der Waals surface area contributed by atoms with Crippen LogP contribution in [-0.4, -0.2) is 51.5 Å². The third-order valence-corrected chi connectivity index (χ3v) is 11.7. The maximum atomic E-state index is 13.3. The number of hydrogen-bond donors (Lipinski definition) is 2. The molecule has 6 heteroatoms. The largest absolute Gasteiger partial charge is 0.456 e. The van der Waals surface area contributed by atoms with Gasteiger partial charge in [0, 0.05) is 12.0 Å². The van der Waals surface area contributed by atoms with Gasteiger partial charge >= 0.3 is 5.97 Å². The summed E-state index contributed by atoms with van der Waals surface area (Å²) in [6.07, 6.45) is 6.83. The van der Waals surface area contributed by atoms with E-state index in [4.69, 9.17) is 9.47 Å². The molecule has 0 radical (unpaired) electrons. The van der Waals surface area contributed by atoms with Gasteiger partial charge in [-0.25, -0.2) is 4.79 Å². The number of aliphatic hydroxyl groups excluding tert-OH is 1. The maximum absolute atomic E-state index is 13.3. The van der Waals surface area contributed by atoms with Crippen molar-refractivity contribution in [1.82, 2.24) is 0 Å². The van der Waals surface area contributed by atoms with Crippen molar-refractivity contribution in [2.45, 2.75) is 103 Å². The number of ketones is 1. The molecule has 11 atom stereocenters. The summed E-state index contributed by atoms with van der Waals surface area (Å²) in [6, 6.07) is 0. The van der Waals surface area contributed by atoms with E-state index in [0.717, 1.165) is 31.3 Å². The van der Waals surface area contributed by atoms with Crippen molar-refractivity contribution in [2.75, 3.05) is 0 Å². The molecule has 2 saturated heterocycles. The van der Waals surface area contributed by atoms with Crippen molar-refractivity contribution < 1.29 is 29.3 Å². The van der Waals surface area contributed by atoms with Crippen LogP contribution in [0.1, 0.15) is 73.1 Å². The first-order valence-electron chi connectivity index (χ1n) is 13.1. The van der Waals surface area contributed by atoms with E-state index in [9.17, 15) is 19.8 Å². The number of aliphatic hydroxyl groups is 2. The van der Waals surface area contributed by atoms with Crippen molar-refractivity contribution in [3.63, 3.8) is 0 Å². The fourth-order valence-corrected chi connectivity index (χ4v) is 9.59. The zero-order valence-corrected chi connectivity index (χ0v) is 21.0. The number of allylic oxidation sites excluding steroid dienone is 1. The molecule has 0 unspecified atom stereocenters. The van der Waals surface area contributed by atoms with E-state index in [2.05, 4.69) is 6.92 Å². The van der Waals surface area contributed by atoms with Gasteiger partial charge in [-0.05, 0) is 95.0 Å². The SMILES string of the molecule is CC1=C(C)C(=O)O[C@@H]([C@](C)(O)[C@H]2CC[C@H]3[C@@H]4[C@@H]5O[C@@]6(CC=CC(=O)[C@]6(C)[C@H]4CC[C@]23C)[C@H]5O)C1. The molecule has 34 heavy (non-hydrogen) atoms. The monoisotopic (exact) mass is 470 g/mol. The Kier molecular flexibility index (Phi) is 4.61. The summed E-state index contributed by atoms with van der Waals surface area (Å²) < 4.78 is 12.3. The van der Waals surface area contributed by atoms with Crippen LogP contribution in [0.4, 0.5) is 0 Å². The molecular formula is C28H38O6. The Morgan fingerprint density at radius 2 is 1.85 bits per heavy atom. The first-order chi connectivity index (χ1) is 15.9. The molecule has 3 heterocycles. The lowest BCUT2D eigenvalue weighted by Crippen LogP contribution is -2.83. The van der Waals surface area contributed by atoms with Crippen molar-refractivity contribution >= 4 is 11.8 Å². The normalized spacial score (nSPS) is 53.3. The van der Waals surface area contributed by atoms with Gasteiger partial charge in [-0.1, -0.05) is 18.6 Å². The van der Waals surface area contributed by atoms with Crippen LogP contribution >= 0.6 is 0 Å². The Morgan fingerprint density at radius 1 is 1.12 bits per heavy atom. The molecule has 0 aromatic rings. The van der Waals surface area contributed by atoms with E-state index in [1.807, 2.05) is 26.8 Å². The van der Waals surface area contributed by atoms with E-state index < -0.39 is 28.8 Å². The number of hydrogen-bond acceptors (Lipinski definition) is 6. The topological polar surface area (TPSA) is 93.1 Å². The molecule has 0 aromatic carbocycles. The average Bonchev–Trinajstić information content (AvgIpc) is 3.15. The average molecular weight is 471 g/mol. The predicted molar refractivity (Wildman–Crippen MR) is 125 cm³/mol. The Labute approximate surface area is 201 Å². The molecule has 3 aliphatic heterocycles. The zero-order chi connectivity index (χ0) is 24.4. The number of fused-ring (bicyclic) bond motifs is 1. The summed E-state index contributed by atoms with van der Waals surface area (Å²) in [5.41, 5.74) is -1.19. The van der Waals surface area contributed by atoms with Crippen molar-refractivity contribution in [2.24, 2.45) is 34.5 Å². The van der Waals surface area contributed by atoms with E-state index in [0.29, 0.717) is 18.4 Å². The lowest BCUT2D eigenvalue weighted by atomic mass is 9.39. The van der Waals surface area contributed by atoms with Gasteiger partial charge in [0.2, 0.25) is 0 Å². The lowest BCUT2D eigenvalue weighted by Gasteiger charge is -2.73. The molecule has 7 aliphatic rings. The van der Waals surface area contributed by atoms with Gasteiger partial charge in [-0.3, -0.25) is 4.79 Å². The van der Waals surface area contributed by atoms with Gasteiger partial charge in [-0.15, -0.1) is 0 Å². The van der Waals surface area contributed by atoms with Crippen LogP contribution in [0.2, 0.25) is 0 Å². The second kappa shape index (κ2) is 6.83. The summed E-state index contributed by atoms with van der Waals surface area (Å²) in [5.74, 6) is 0.234. The van der Waals surface area contributed by atoms with Gasteiger partial charge in [0.05, 0.1) is 11.5 Å². The number of rotatable bonds is 2. The van der Waals surface area contributed by atoms with Gasteiger partial charge in [0.1, 0.15) is 23.4 Å². The van der Waals surface area contributed by atoms with Crippen LogP contribution in [0.15, 0.2) is 23.3 Å². The van der Waals surface area contributed by atoms with Crippen molar-refractivity contribution in [3.05, 3.63) is 23.3 Å². The highest BCUT2D eigenvalue weighted by Crippen LogP contribution is 2.73. The molecule has 4 aliphatic carbocycles. The molecule has 2 N–H and O–H groups in total. The number of esters is 1. The molecular weight excluding hydrogens is 432 g/mol. The smallest absolute Gasteiger partial charge is 0.334 e. The first-order valence-corrected chi connectivity index (χ1v) is 13.1. The summed E-state index contributed by atoms with van der Waals surface area (Å²) in [5, 5.41) is 23.3. The van der Waals surface area contributed by atoms with Crippen LogP contribution in [-0.2, 0) is 19.1 Å². The highest BCUT2D eigenvalue weighted by molar-refractivity contribution is 5.97. The number of carbonyl (C=O) groups is 2. The Morgan fingerprint density at radius 3 is 2.53 bits per heavy atom. The number of cyclic esters (lactones) is 1. The molecule has 7 rings (SSSR count).